The molecule has 1 heterocycles. The maximum atomic E-state index is 13.4. The van der Waals surface area contributed by atoms with E-state index in [4.69, 9.17) is 11.6 Å². The van der Waals surface area contributed by atoms with Crippen LogP contribution < -0.4 is 11.2 Å². The maximum Gasteiger partial charge on any atom is 0.431 e. The van der Waals surface area contributed by atoms with Crippen molar-refractivity contribution in [2.24, 2.45) is 0 Å². The zero-order valence-electron chi connectivity index (χ0n) is 15.1. The zero-order chi connectivity index (χ0) is 22.9. The third-order valence-electron chi connectivity index (χ3n) is 4.01. The number of thioether (sulfide) groups is 1. The van der Waals surface area contributed by atoms with Crippen molar-refractivity contribution in [3.8, 4) is 5.69 Å². The molecule has 13 heteroatoms. The smallest absolute Gasteiger partial charge is 0.303 e. The number of benzene rings is 2. The number of hydrogen-bond acceptors (Lipinski definition) is 5. The Labute approximate surface area is 179 Å². The molecule has 1 N–H and O–H groups in total. The lowest BCUT2D eigenvalue weighted by molar-refractivity contribution is -0.387. The van der Waals surface area contributed by atoms with Gasteiger partial charge in [-0.1, -0.05) is 17.7 Å². The lowest BCUT2D eigenvalue weighted by Crippen LogP contribution is -2.35. The first kappa shape index (κ1) is 22.6. The van der Waals surface area contributed by atoms with Gasteiger partial charge in [-0.15, -0.1) is 11.8 Å². The lowest BCUT2D eigenvalue weighted by Gasteiger charge is -2.11. The van der Waals surface area contributed by atoms with Crippen molar-refractivity contribution >= 4 is 29.1 Å². The number of halogens is 5. The van der Waals surface area contributed by atoms with E-state index in [0.29, 0.717) is 15.0 Å². The summed E-state index contributed by atoms with van der Waals surface area (Å²) in [4.78, 5) is 36.2. The van der Waals surface area contributed by atoms with E-state index in [1.807, 2.05) is 0 Å². The molecule has 0 saturated carbocycles. The quantitative estimate of drug-likeness (QED) is 0.253. The Morgan fingerprint density at radius 2 is 1.84 bits per heavy atom. The molecule has 0 spiro atoms. The van der Waals surface area contributed by atoms with E-state index in [9.17, 15) is 37.3 Å². The monoisotopic (exact) mass is 475 g/mol. The molecular formula is C18H10ClF4N3O4S. The second-order valence-corrected chi connectivity index (χ2v) is 7.56. The first-order valence-corrected chi connectivity index (χ1v) is 9.63. The number of nitro benzene ring substituents is 1. The molecule has 0 radical (unpaired) electrons. The van der Waals surface area contributed by atoms with Crippen LogP contribution in [0.4, 0.5) is 23.2 Å². The van der Waals surface area contributed by atoms with Crippen LogP contribution in [0, 0.1) is 15.9 Å². The molecule has 0 atom stereocenters. The number of alkyl halides is 3. The normalized spacial score (nSPS) is 11.5. The fraction of sp³-hybridized carbons (Fsp3) is 0.111. The van der Waals surface area contributed by atoms with E-state index in [1.54, 1.807) is 4.98 Å². The summed E-state index contributed by atoms with van der Waals surface area (Å²) < 4.78 is 52.1. The summed E-state index contributed by atoms with van der Waals surface area (Å²) in [5.74, 6) is -0.740. The summed E-state index contributed by atoms with van der Waals surface area (Å²) in [6.45, 7) is 0. The number of nitro groups is 1. The number of nitrogens with zero attached hydrogens (tertiary/aromatic N) is 2. The summed E-state index contributed by atoms with van der Waals surface area (Å²) >= 11 is 7.30. The van der Waals surface area contributed by atoms with Gasteiger partial charge >= 0.3 is 17.6 Å². The van der Waals surface area contributed by atoms with Gasteiger partial charge in [-0.3, -0.25) is 14.9 Å². The second-order valence-electron chi connectivity index (χ2n) is 6.10. The summed E-state index contributed by atoms with van der Waals surface area (Å²) in [5, 5.41) is 10.7. The lowest BCUT2D eigenvalue weighted by atomic mass is 10.2. The Hall–Kier alpha value is -3.12. The van der Waals surface area contributed by atoms with Crippen molar-refractivity contribution < 1.29 is 22.5 Å². The number of aromatic amines is 1. The van der Waals surface area contributed by atoms with Gasteiger partial charge in [-0.05, 0) is 29.8 Å². The highest BCUT2D eigenvalue weighted by molar-refractivity contribution is 7.98. The van der Waals surface area contributed by atoms with E-state index in [2.05, 4.69) is 0 Å². The van der Waals surface area contributed by atoms with E-state index in [0.717, 1.165) is 12.1 Å². The van der Waals surface area contributed by atoms with E-state index < -0.39 is 39.5 Å². The maximum absolute atomic E-state index is 13.4. The van der Waals surface area contributed by atoms with E-state index in [1.165, 1.54) is 36.0 Å². The third-order valence-corrected chi connectivity index (χ3v) is 5.38. The van der Waals surface area contributed by atoms with Gasteiger partial charge in [-0.25, -0.2) is 9.36 Å². The minimum atomic E-state index is -4.89. The molecule has 7 nitrogen and oxygen atoms in total. The number of hydrogen-bond donors (Lipinski definition) is 1. The minimum absolute atomic E-state index is 0.0811. The average Bonchev–Trinajstić information content (AvgIpc) is 2.67. The second kappa shape index (κ2) is 8.55. The molecule has 1 aromatic heterocycles. The fourth-order valence-corrected chi connectivity index (χ4v) is 3.80. The van der Waals surface area contributed by atoms with Crippen molar-refractivity contribution in [3.63, 3.8) is 0 Å². The van der Waals surface area contributed by atoms with Gasteiger partial charge in [0.05, 0.1) is 15.6 Å². The first-order chi connectivity index (χ1) is 14.5. The van der Waals surface area contributed by atoms with Crippen LogP contribution in [0.15, 0.2) is 56.9 Å². The van der Waals surface area contributed by atoms with E-state index >= 15 is 0 Å². The van der Waals surface area contributed by atoms with Crippen LogP contribution in [0.25, 0.3) is 5.69 Å². The molecule has 0 bridgehead atoms. The number of rotatable bonds is 5. The molecule has 0 fully saturated rings. The molecule has 0 aliphatic rings. The Balaban J connectivity index is 1.86. The van der Waals surface area contributed by atoms with Crippen LogP contribution in [0.2, 0.25) is 5.02 Å². The van der Waals surface area contributed by atoms with Gasteiger partial charge in [0, 0.05) is 22.8 Å². The Morgan fingerprint density at radius 3 is 2.42 bits per heavy atom. The van der Waals surface area contributed by atoms with Gasteiger partial charge < -0.3 is 4.98 Å². The summed E-state index contributed by atoms with van der Waals surface area (Å²) in [6.07, 6.45) is -4.89. The summed E-state index contributed by atoms with van der Waals surface area (Å²) in [5.41, 5.74) is -4.31. The van der Waals surface area contributed by atoms with Gasteiger partial charge in [0.1, 0.15) is 5.69 Å². The molecule has 3 aromatic rings. The zero-order valence-corrected chi connectivity index (χ0v) is 16.6. The van der Waals surface area contributed by atoms with Gasteiger partial charge in [0.15, 0.2) is 0 Å². The Morgan fingerprint density at radius 1 is 1.13 bits per heavy atom. The fourth-order valence-electron chi connectivity index (χ4n) is 2.59. The Kier molecular flexibility index (Phi) is 6.23. The van der Waals surface area contributed by atoms with Crippen molar-refractivity contribution in [1.29, 1.82) is 0 Å². The van der Waals surface area contributed by atoms with Gasteiger partial charge in [0.25, 0.3) is 5.56 Å². The van der Waals surface area contributed by atoms with Gasteiger partial charge in [0.2, 0.25) is 5.82 Å². The van der Waals surface area contributed by atoms with E-state index in [-0.39, 0.29) is 22.5 Å². The van der Waals surface area contributed by atoms with Crippen LogP contribution in [0.5, 0.6) is 0 Å². The number of H-pyrrole nitrogens is 1. The molecule has 162 valence electrons. The summed E-state index contributed by atoms with van der Waals surface area (Å²) in [6, 6.07) is 7.83. The largest absolute Gasteiger partial charge is 0.431 e. The first-order valence-electron chi connectivity index (χ1n) is 8.26. The molecule has 0 aliphatic heterocycles. The number of aromatic nitrogens is 2. The highest BCUT2D eigenvalue weighted by atomic mass is 35.5. The molecular weight excluding hydrogens is 466 g/mol. The third kappa shape index (κ3) is 4.97. The van der Waals surface area contributed by atoms with Crippen LogP contribution in [0.1, 0.15) is 11.3 Å². The molecule has 0 aliphatic carbocycles. The predicted molar refractivity (Wildman–Crippen MR) is 105 cm³/mol. The molecule has 0 unspecified atom stereocenters. The average molecular weight is 476 g/mol. The van der Waals surface area contributed by atoms with Gasteiger partial charge in [-0.2, -0.15) is 17.6 Å². The molecule has 3 rings (SSSR count). The van der Waals surface area contributed by atoms with Crippen LogP contribution in [0.3, 0.4) is 0 Å². The number of nitrogens with one attached hydrogen (secondary N) is 1. The molecule has 0 saturated heterocycles. The Bertz CT molecular complexity index is 1260. The molecule has 2 aromatic carbocycles. The van der Waals surface area contributed by atoms with Crippen molar-refractivity contribution in [2.75, 3.05) is 0 Å². The molecule has 0 amide bonds. The highest BCUT2D eigenvalue weighted by Crippen LogP contribution is 2.30. The van der Waals surface area contributed by atoms with Crippen molar-refractivity contribution in [3.05, 3.63) is 95.5 Å². The minimum Gasteiger partial charge on any atom is -0.303 e. The standard InChI is InChI=1S/C18H10ClF4N3O4S/c19-11-6-10(31-8-9-1-3-12(20)14(5-9)26(29)30)2-4-13(11)25-16(27)7-15(18(21,22)23)24-17(25)28/h1-7H,8H2,(H,24,28). The predicted octanol–water partition coefficient (Wildman–Crippen LogP) is 4.54. The molecule has 31 heavy (non-hydrogen) atoms. The van der Waals surface area contributed by atoms with Crippen molar-refractivity contribution in [1.82, 2.24) is 9.55 Å². The highest BCUT2D eigenvalue weighted by Gasteiger charge is 2.33. The van der Waals surface area contributed by atoms with Crippen LogP contribution in [-0.2, 0) is 11.9 Å². The SMILES string of the molecule is O=c1cc(C(F)(F)F)[nH]c(=O)n1-c1ccc(SCc2ccc(F)c([N+](=O)[O-])c2)cc1Cl. The summed E-state index contributed by atoms with van der Waals surface area (Å²) in [7, 11) is 0. The van der Waals surface area contributed by atoms with Crippen LogP contribution >= 0.6 is 23.4 Å². The topological polar surface area (TPSA) is 98.0 Å². The van der Waals surface area contributed by atoms with Crippen LogP contribution in [-0.4, -0.2) is 14.5 Å². The van der Waals surface area contributed by atoms with Crippen molar-refractivity contribution in [2.45, 2.75) is 16.8 Å².